The highest BCUT2D eigenvalue weighted by Crippen LogP contribution is 2.53. The number of ketones is 1. The molecule has 1 nitrogen and oxygen atoms in total. The van der Waals surface area contributed by atoms with Crippen molar-refractivity contribution in [2.75, 3.05) is 0 Å². The smallest absolute Gasteiger partial charge is 0.289 e. The van der Waals surface area contributed by atoms with E-state index in [1.54, 1.807) is 30.3 Å². The van der Waals surface area contributed by atoms with Crippen LogP contribution in [0.15, 0.2) is 66.8 Å². The molecule has 0 N–H and O–H groups in total. The second-order valence-corrected chi connectivity index (χ2v) is 5.25. The van der Waals surface area contributed by atoms with Crippen LogP contribution in [0, 0.1) is 11.3 Å². The first-order valence-corrected chi connectivity index (χ1v) is 6.86. The third-order valence-electron chi connectivity index (χ3n) is 3.63. The summed E-state index contributed by atoms with van der Waals surface area (Å²) in [6.45, 7) is 0. The van der Waals surface area contributed by atoms with Gasteiger partial charge in [0.25, 0.3) is 0 Å². The molecular formula is C17H12F6O. The van der Waals surface area contributed by atoms with Crippen LogP contribution in [0.1, 0.15) is 10.4 Å². The molecular weight excluding hydrogens is 334 g/mol. The van der Waals surface area contributed by atoms with E-state index in [0.717, 1.165) is 18.2 Å². The van der Waals surface area contributed by atoms with Gasteiger partial charge in [-0.1, -0.05) is 60.7 Å². The summed E-state index contributed by atoms with van der Waals surface area (Å²) >= 11 is 0. The van der Waals surface area contributed by atoms with Crippen molar-refractivity contribution in [3.8, 4) is 0 Å². The van der Waals surface area contributed by atoms with E-state index in [2.05, 4.69) is 0 Å². The summed E-state index contributed by atoms with van der Waals surface area (Å²) < 4.78 is 77.2. The Morgan fingerprint density at radius 2 is 1.42 bits per heavy atom. The molecule has 0 saturated carbocycles. The highest BCUT2D eigenvalue weighted by molar-refractivity contribution is 6.04. The van der Waals surface area contributed by atoms with E-state index in [9.17, 15) is 31.1 Å². The zero-order chi connectivity index (χ0) is 18.0. The van der Waals surface area contributed by atoms with Gasteiger partial charge in [-0.3, -0.25) is 4.79 Å². The van der Waals surface area contributed by atoms with Crippen molar-refractivity contribution >= 4 is 5.78 Å². The van der Waals surface area contributed by atoms with Gasteiger partial charge in [0.15, 0.2) is 11.2 Å². The molecule has 0 saturated heterocycles. The Bertz CT molecular complexity index is 649. The SMILES string of the molecule is O=C(/C=C/C1C=CC(C(F)(F)F)(C(F)(F)F)C=C1)c1ccccc1. The molecule has 0 bridgehead atoms. The van der Waals surface area contributed by atoms with Crippen LogP contribution in [0.5, 0.6) is 0 Å². The summed E-state index contributed by atoms with van der Waals surface area (Å²) in [4.78, 5) is 11.8. The zero-order valence-corrected chi connectivity index (χ0v) is 12.1. The Labute approximate surface area is 134 Å². The molecule has 0 amide bonds. The second kappa shape index (κ2) is 6.30. The van der Waals surface area contributed by atoms with Crippen molar-refractivity contribution in [3.63, 3.8) is 0 Å². The van der Waals surface area contributed by atoms with Gasteiger partial charge in [0.2, 0.25) is 0 Å². The summed E-state index contributed by atoms with van der Waals surface area (Å²) in [6.07, 6.45) is -6.85. The number of hydrogen-bond acceptors (Lipinski definition) is 1. The Kier molecular flexibility index (Phi) is 4.73. The summed E-state index contributed by atoms with van der Waals surface area (Å²) in [5, 5.41) is 0. The Morgan fingerprint density at radius 3 is 1.88 bits per heavy atom. The number of rotatable bonds is 3. The molecule has 0 aromatic heterocycles. The van der Waals surface area contributed by atoms with Crippen LogP contribution in [0.2, 0.25) is 0 Å². The van der Waals surface area contributed by atoms with Crippen molar-refractivity contribution in [2.45, 2.75) is 12.4 Å². The van der Waals surface area contributed by atoms with E-state index in [4.69, 9.17) is 0 Å². The molecule has 0 heterocycles. The number of halogens is 6. The average Bonchev–Trinajstić information content (AvgIpc) is 2.51. The maximum absolute atomic E-state index is 12.9. The molecule has 1 aromatic carbocycles. The van der Waals surface area contributed by atoms with Crippen LogP contribution in [0.4, 0.5) is 26.3 Å². The van der Waals surface area contributed by atoms with Gasteiger partial charge >= 0.3 is 12.4 Å². The quantitative estimate of drug-likeness (QED) is 0.315. The lowest BCUT2D eigenvalue weighted by molar-refractivity contribution is -0.303. The third-order valence-corrected chi connectivity index (χ3v) is 3.63. The minimum absolute atomic E-state index is 0.0923. The highest BCUT2D eigenvalue weighted by Gasteiger charge is 2.68. The molecule has 2 rings (SSSR count). The van der Waals surface area contributed by atoms with Crippen molar-refractivity contribution in [1.82, 2.24) is 0 Å². The number of benzene rings is 1. The molecule has 0 atom stereocenters. The Morgan fingerprint density at radius 1 is 0.917 bits per heavy atom. The first kappa shape index (κ1) is 18.0. The number of hydrogen-bond donors (Lipinski definition) is 0. The fourth-order valence-electron chi connectivity index (χ4n) is 2.21. The minimum atomic E-state index is -5.49. The molecule has 128 valence electrons. The summed E-state index contributed by atoms with van der Waals surface area (Å²) in [6, 6.07) is 8.10. The Hall–Kier alpha value is -2.31. The molecule has 0 fully saturated rings. The van der Waals surface area contributed by atoms with Crippen molar-refractivity contribution in [2.24, 2.45) is 11.3 Å². The van der Waals surface area contributed by atoms with Crippen molar-refractivity contribution in [1.29, 1.82) is 0 Å². The van der Waals surface area contributed by atoms with E-state index >= 15 is 0 Å². The lowest BCUT2D eigenvalue weighted by Crippen LogP contribution is -2.48. The molecule has 0 unspecified atom stereocenters. The van der Waals surface area contributed by atoms with Crippen LogP contribution < -0.4 is 0 Å². The lowest BCUT2D eigenvalue weighted by Gasteiger charge is -2.34. The minimum Gasteiger partial charge on any atom is -0.289 e. The second-order valence-electron chi connectivity index (χ2n) is 5.25. The van der Waals surface area contributed by atoms with Crippen LogP contribution in [-0.2, 0) is 0 Å². The van der Waals surface area contributed by atoms with E-state index in [1.165, 1.54) is 6.08 Å². The summed E-state index contributed by atoms with van der Waals surface area (Å²) in [7, 11) is 0. The van der Waals surface area contributed by atoms with Gasteiger partial charge in [0, 0.05) is 11.5 Å². The van der Waals surface area contributed by atoms with E-state index in [0.29, 0.717) is 5.56 Å². The van der Waals surface area contributed by atoms with E-state index in [1.807, 2.05) is 0 Å². The van der Waals surface area contributed by atoms with Crippen LogP contribution >= 0.6 is 0 Å². The van der Waals surface area contributed by atoms with E-state index < -0.39 is 23.7 Å². The first-order chi connectivity index (χ1) is 11.1. The fraction of sp³-hybridized carbons (Fsp3) is 0.235. The monoisotopic (exact) mass is 346 g/mol. The van der Waals surface area contributed by atoms with Crippen molar-refractivity contribution in [3.05, 3.63) is 72.4 Å². The molecule has 1 aliphatic rings. The molecule has 0 aliphatic heterocycles. The highest BCUT2D eigenvalue weighted by atomic mass is 19.4. The molecule has 7 heteroatoms. The zero-order valence-electron chi connectivity index (χ0n) is 12.1. The molecule has 1 aromatic rings. The van der Waals surface area contributed by atoms with Gasteiger partial charge in [0.1, 0.15) is 0 Å². The third kappa shape index (κ3) is 3.44. The summed E-state index contributed by atoms with van der Waals surface area (Å²) in [5.41, 5.74) is -3.62. The van der Waals surface area contributed by atoms with Gasteiger partial charge in [-0.15, -0.1) is 0 Å². The predicted molar refractivity (Wildman–Crippen MR) is 76.2 cm³/mol. The largest absolute Gasteiger partial charge is 0.410 e. The normalized spacial score (nSPS) is 18.2. The summed E-state index contributed by atoms with van der Waals surface area (Å²) in [5.74, 6) is -1.21. The van der Waals surface area contributed by atoms with Gasteiger partial charge in [0.05, 0.1) is 0 Å². The molecule has 0 radical (unpaired) electrons. The molecule has 24 heavy (non-hydrogen) atoms. The number of allylic oxidation sites excluding steroid dienone is 6. The standard InChI is InChI=1S/C17H12F6O/c18-16(19,20)15(17(21,22)23)10-8-12(9-11-15)6-7-14(24)13-4-2-1-3-5-13/h1-12H/b7-6+. The van der Waals surface area contributed by atoms with Gasteiger partial charge < -0.3 is 0 Å². The number of carbonyl (C=O) groups excluding carboxylic acids is 1. The molecule has 1 aliphatic carbocycles. The number of carbonyl (C=O) groups is 1. The first-order valence-electron chi connectivity index (χ1n) is 6.86. The number of alkyl halides is 6. The van der Waals surface area contributed by atoms with Gasteiger partial charge in [-0.2, -0.15) is 26.3 Å². The average molecular weight is 346 g/mol. The maximum atomic E-state index is 12.9. The van der Waals surface area contributed by atoms with Crippen LogP contribution in [0.3, 0.4) is 0 Å². The fourth-order valence-corrected chi connectivity index (χ4v) is 2.21. The van der Waals surface area contributed by atoms with Gasteiger partial charge in [-0.05, 0) is 6.08 Å². The topological polar surface area (TPSA) is 17.1 Å². The maximum Gasteiger partial charge on any atom is 0.410 e. The van der Waals surface area contributed by atoms with Gasteiger partial charge in [-0.25, -0.2) is 0 Å². The van der Waals surface area contributed by atoms with Crippen LogP contribution in [0.25, 0.3) is 0 Å². The van der Waals surface area contributed by atoms with E-state index in [-0.39, 0.29) is 17.9 Å². The Balaban J connectivity index is 2.17. The van der Waals surface area contributed by atoms with Crippen LogP contribution in [-0.4, -0.2) is 18.1 Å². The molecule has 0 spiro atoms. The lowest BCUT2D eigenvalue weighted by atomic mass is 9.80. The predicted octanol–water partition coefficient (Wildman–Crippen LogP) is 5.28. The van der Waals surface area contributed by atoms with Crippen molar-refractivity contribution < 1.29 is 31.1 Å².